The summed E-state index contributed by atoms with van der Waals surface area (Å²) < 4.78 is 17.0. The van der Waals surface area contributed by atoms with E-state index in [0.717, 1.165) is 10.6 Å². The van der Waals surface area contributed by atoms with E-state index in [9.17, 15) is 4.21 Å². The first-order valence-electron chi connectivity index (χ1n) is 6.25. The van der Waals surface area contributed by atoms with Gasteiger partial charge >= 0.3 is 0 Å². The normalized spacial score (nSPS) is 12.7. The van der Waals surface area contributed by atoms with E-state index in [1.807, 2.05) is 12.1 Å². The maximum absolute atomic E-state index is 11.4. The van der Waals surface area contributed by atoms with Crippen LogP contribution >= 0.6 is 11.8 Å². The van der Waals surface area contributed by atoms with Crippen molar-refractivity contribution in [3.05, 3.63) is 36.8 Å². The Bertz CT molecular complexity index is 817. The summed E-state index contributed by atoms with van der Waals surface area (Å²) in [4.78, 5) is 14.4. The van der Waals surface area contributed by atoms with Gasteiger partial charge in [0.2, 0.25) is 11.6 Å². The number of fused-ring (bicyclic) bond motifs is 1. The highest BCUT2D eigenvalue weighted by atomic mass is 32.2. The molecular formula is C14H12N3O2S2-. The van der Waals surface area contributed by atoms with E-state index in [2.05, 4.69) is 28.1 Å². The summed E-state index contributed by atoms with van der Waals surface area (Å²) in [7, 11) is -1.34. The Kier molecular flexibility index (Phi) is 4.03. The van der Waals surface area contributed by atoms with Crippen molar-refractivity contribution in [1.29, 1.82) is 0 Å². The van der Waals surface area contributed by atoms with E-state index in [4.69, 9.17) is 4.42 Å². The molecular weight excluding hydrogens is 306 g/mol. The molecule has 0 amide bonds. The van der Waals surface area contributed by atoms with Crippen LogP contribution in [-0.2, 0) is 10.8 Å². The topological polar surface area (TPSA) is 68.9 Å². The van der Waals surface area contributed by atoms with Crippen molar-refractivity contribution in [3.8, 4) is 11.6 Å². The molecule has 0 fully saturated rings. The first-order chi connectivity index (χ1) is 10.2. The molecule has 0 aliphatic heterocycles. The van der Waals surface area contributed by atoms with Gasteiger partial charge in [-0.05, 0) is 24.0 Å². The van der Waals surface area contributed by atoms with Crippen molar-refractivity contribution >= 4 is 33.8 Å². The zero-order chi connectivity index (χ0) is 14.8. The molecule has 0 radical (unpaired) electrons. The number of thioether (sulfide) groups is 1. The van der Waals surface area contributed by atoms with Crippen LogP contribution in [0.3, 0.4) is 0 Å². The molecule has 3 aromatic heterocycles. The molecule has 0 saturated carbocycles. The molecule has 7 heteroatoms. The molecule has 0 N–H and O–H groups in total. The van der Waals surface area contributed by atoms with E-state index < -0.39 is 10.8 Å². The van der Waals surface area contributed by atoms with Gasteiger partial charge in [-0.15, -0.1) is 22.6 Å². The summed E-state index contributed by atoms with van der Waals surface area (Å²) >= 11 is 1.67. The van der Waals surface area contributed by atoms with Gasteiger partial charge in [-0.25, -0.2) is 21.2 Å². The molecule has 0 aliphatic rings. The SMILES string of the molecule is [CH2-]S(=O)c1cnc2oc(-c3ncccc3SCC)nc2c1. The van der Waals surface area contributed by atoms with Crippen molar-refractivity contribution in [1.82, 2.24) is 15.0 Å². The Balaban J connectivity index is 2.11. The van der Waals surface area contributed by atoms with Gasteiger partial charge in [0, 0.05) is 22.2 Å². The van der Waals surface area contributed by atoms with Crippen LogP contribution in [0.1, 0.15) is 6.92 Å². The Hall–Kier alpha value is -1.73. The number of aromatic nitrogens is 3. The third kappa shape index (κ3) is 2.84. The predicted molar refractivity (Wildman–Crippen MR) is 83.2 cm³/mol. The van der Waals surface area contributed by atoms with Gasteiger partial charge < -0.3 is 4.42 Å². The van der Waals surface area contributed by atoms with Crippen molar-refractivity contribution in [2.75, 3.05) is 5.75 Å². The van der Waals surface area contributed by atoms with Crippen LogP contribution < -0.4 is 0 Å². The minimum atomic E-state index is -1.34. The number of rotatable bonds is 4. The second-order valence-electron chi connectivity index (χ2n) is 4.14. The van der Waals surface area contributed by atoms with Crippen LogP contribution in [0.4, 0.5) is 0 Å². The second kappa shape index (κ2) is 5.95. The highest BCUT2D eigenvalue weighted by Gasteiger charge is 2.14. The highest BCUT2D eigenvalue weighted by Crippen LogP contribution is 2.30. The van der Waals surface area contributed by atoms with Gasteiger partial charge in [0.05, 0.1) is 0 Å². The molecule has 0 saturated heterocycles. The summed E-state index contributed by atoms with van der Waals surface area (Å²) in [5.74, 6) is 1.35. The predicted octanol–water partition coefficient (Wildman–Crippen LogP) is 3.30. The fraction of sp³-hybridized carbons (Fsp3) is 0.143. The molecule has 5 nitrogen and oxygen atoms in total. The Morgan fingerprint density at radius 3 is 3.05 bits per heavy atom. The molecule has 3 heterocycles. The van der Waals surface area contributed by atoms with Gasteiger partial charge in [0.15, 0.2) is 0 Å². The lowest BCUT2D eigenvalue weighted by atomic mass is 10.3. The molecule has 3 rings (SSSR count). The zero-order valence-electron chi connectivity index (χ0n) is 11.3. The van der Waals surface area contributed by atoms with Crippen LogP contribution in [0.15, 0.2) is 44.8 Å². The number of hydrogen-bond acceptors (Lipinski definition) is 6. The molecule has 1 unspecified atom stereocenters. The molecule has 0 aromatic carbocycles. The standard InChI is InChI=1S/C14H12N3O2S2/c1-3-20-11-5-4-6-15-12(11)14-17-10-7-9(21(2)18)8-16-13(10)19-14/h4-8H,2-3H2,1H3/q-1. The van der Waals surface area contributed by atoms with Gasteiger partial charge in [0.25, 0.3) is 0 Å². The molecule has 1 atom stereocenters. The fourth-order valence-electron chi connectivity index (χ4n) is 1.85. The molecule has 0 aliphatic carbocycles. The maximum Gasteiger partial charge on any atom is 0.249 e. The average Bonchev–Trinajstić information content (AvgIpc) is 2.90. The second-order valence-corrected chi connectivity index (χ2v) is 6.61. The third-order valence-electron chi connectivity index (χ3n) is 2.76. The van der Waals surface area contributed by atoms with Crippen molar-refractivity contribution < 1.29 is 8.63 Å². The Morgan fingerprint density at radius 2 is 2.29 bits per heavy atom. The number of nitrogens with zero attached hydrogens (tertiary/aromatic N) is 3. The first-order valence-corrected chi connectivity index (χ1v) is 8.55. The van der Waals surface area contributed by atoms with E-state index in [1.54, 1.807) is 24.0 Å². The lowest BCUT2D eigenvalue weighted by molar-refractivity contribution is 0.602. The van der Waals surface area contributed by atoms with Crippen molar-refractivity contribution in [3.63, 3.8) is 0 Å². The van der Waals surface area contributed by atoms with Crippen LogP contribution in [0.25, 0.3) is 22.8 Å². The van der Waals surface area contributed by atoms with Crippen molar-refractivity contribution in [2.24, 2.45) is 0 Å². The van der Waals surface area contributed by atoms with Gasteiger partial charge in [0.1, 0.15) is 11.2 Å². The minimum absolute atomic E-state index is 0.400. The van der Waals surface area contributed by atoms with Gasteiger partial charge in [-0.2, -0.15) is 0 Å². The molecule has 3 aromatic rings. The van der Waals surface area contributed by atoms with Crippen LogP contribution in [0.2, 0.25) is 0 Å². The summed E-state index contributed by atoms with van der Waals surface area (Å²) in [6, 6.07) is 5.54. The summed E-state index contributed by atoms with van der Waals surface area (Å²) in [5, 5.41) is 0. The summed E-state index contributed by atoms with van der Waals surface area (Å²) in [6.07, 6.45) is 6.67. The molecule has 108 valence electrons. The first kappa shape index (κ1) is 14.2. The monoisotopic (exact) mass is 318 g/mol. The van der Waals surface area contributed by atoms with Crippen LogP contribution in [0, 0.1) is 6.26 Å². The van der Waals surface area contributed by atoms with Crippen molar-refractivity contribution in [2.45, 2.75) is 16.7 Å². The van der Waals surface area contributed by atoms with E-state index in [0.29, 0.717) is 27.7 Å². The minimum Gasteiger partial charge on any atom is -0.416 e. The number of hydrogen-bond donors (Lipinski definition) is 0. The maximum atomic E-state index is 11.4. The number of pyridine rings is 2. The largest absolute Gasteiger partial charge is 0.416 e. The third-order valence-corrected chi connectivity index (χ3v) is 4.44. The van der Waals surface area contributed by atoms with E-state index in [1.165, 1.54) is 6.20 Å². The molecule has 0 spiro atoms. The Morgan fingerprint density at radius 1 is 1.43 bits per heavy atom. The van der Waals surface area contributed by atoms with Gasteiger partial charge in [-0.1, -0.05) is 6.92 Å². The fourth-order valence-corrected chi connectivity index (χ4v) is 3.03. The quantitative estimate of drug-likeness (QED) is 0.543. The summed E-state index contributed by atoms with van der Waals surface area (Å²) in [6.45, 7) is 2.07. The lowest BCUT2D eigenvalue weighted by Crippen LogP contribution is -1.87. The molecule has 0 bridgehead atoms. The Labute approximate surface area is 128 Å². The zero-order valence-corrected chi connectivity index (χ0v) is 12.9. The lowest BCUT2D eigenvalue weighted by Gasteiger charge is -2.02. The average molecular weight is 318 g/mol. The smallest absolute Gasteiger partial charge is 0.249 e. The van der Waals surface area contributed by atoms with E-state index in [-0.39, 0.29) is 0 Å². The van der Waals surface area contributed by atoms with Crippen LogP contribution in [0.5, 0.6) is 0 Å². The summed E-state index contributed by atoms with van der Waals surface area (Å²) in [5.41, 5.74) is 1.65. The number of oxazole rings is 1. The van der Waals surface area contributed by atoms with Gasteiger partial charge in [-0.3, -0.25) is 4.21 Å². The molecule has 21 heavy (non-hydrogen) atoms. The highest BCUT2D eigenvalue weighted by molar-refractivity contribution is 7.99. The van der Waals surface area contributed by atoms with E-state index >= 15 is 0 Å². The van der Waals surface area contributed by atoms with Crippen LogP contribution in [-0.4, -0.2) is 24.9 Å².